The first-order valence-corrected chi connectivity index (χ1v) is 14.1. The van der Waals surface area contributed by atoms with Crippen LogP contribution >= 0.6 is 11.3 Å². The fourth-order valence-electron chi connectivity index (χ4n) is 3.59. The quantitative estimate of drug-likeness (QED) is 0.442. The van der Waals surface area contributed by atoms with Gasteiger partial charge in [0.2, 0.25) is 10.0 Å². The molecule has 7 nitrogen and oxygen atoms in total. The number of aryl methyl sites for hydroxylation is 1. The summed E-state index contributed by atoms with van der Waals surface area (Å²) in [5.41, 5.74) is 1.67. The van der Waals surface area contributed by atoms with Gasteiger partial charge in [0.05, 0.1) is 13.2 Å². The molecule has 0 aliphatic heterocycles. The number of esters is 1. The van der Waals surface area contributed by atoms with E-state index in [4.69, 9.17) is 9.88 Å². The van der Waals surface area contributed by atoms with Gasteiger partial charge in [-0.05, 0) is 54.0 Å². The first-order valence-electron chi connectivity index (χ1n) is 11.8. The summed E-state index contributed by atoms with van der Waals surface area (Å²) in [5.74, 6) is 0.534. The minimum atomic E-state index is -3.71. The number of carbonyl (C=O) groups excluding carboxylic acids is 1. The number of hydrogen-bond donors (Lipinski definition) is 2. The van der Waals surface area contributed by atoms with Crippen LogP contribution in [0.25, 0.3) is 0 Å². The van der Waals surface area contributed by atoms with E-state index in [-0.39, 0.29) is 27.6 Å². The summed E-state index contributed by atoms with van der Waals surface area (Å²) in [5, 5.41) is 15.6. The van der Waals surface area contributed by atoms with Gasteiger partial charge in [0.1, 0.15) is 16.6 Å². The summed E-state index contributed by atoms with van der Waals surface area (Å²) in [6.45, 7) is 13.9. The Kier molecular flexibility index (Phi) is 11.4. The van der Waals surface area contributed by atoms with Crippen molar-refractivity contribution in [3.63, 3.8) is 0 Å². The third kappa shape index (κ3) is 8.31. The van der Waals surface area contributed by atoms with E-state index in [1.54, 1.807) is 6.07 Å². The zero-order valence-electron chi connectivity index (χ0n) is 22.2. The summed E-state index contributed by atoms with van der Waals surface area (Å²) < 4.78 is 33.8. The average molecular weight is 528 g/mol. The minimum Gasteiger partial charge on any atom is -0.491 e. The SMILES string of the molecule is CCc1cc(C(CC)(CC)c2ccc(S(N)(=O)=O)s2)ccc1OCC(O)C(C)(C)C.COC(C)=O. The molecule has 0 aliphatic rings. The monoisotopic (exact) mass is 527 g/mol. The second-order valence-electron chi connectivity index (χ2n) is 9.52. The van der Waals surface area contributed by atoms with Crippen molar-refractivity contribution in [2.45, 2.75) is 83.5 Å². The van der Waals surface area contributed by atoms with Crippen molar-refractivity contribution in [2.24, 2.45) is 10.6 Å². The van der Waals surface area contributed by atoms with Crippen LogP contribution in [0.4, 0.5) is 0 Å². The maximum absolute atomic E-state index is 11.8. The molecule has 0 aliphatic carbocycles. The van der Waals surface area contributed by atoms with E-state index < -0.39 is 16.1 Å². The zero-order chi connectivity index (χ0) is 27.0. The molecule has 2 aromatic rings. The van der Waals surface area contributed by atoms with Gasteiger partial charge < -0.3 is 14.6 Å². The highest BCUT2D eigenvalue weighted by Gasteiger charge is 2.34. The first kappa shape index (κ1) is 31.1. The lowest BCUT2D eigenvalue weighted by Crippen LogP contribution is -2.32. The third-order valence-electron chi connectivity index (χ3n) is 6.22. The number of benzene rings is 1. The van der Waals surface area contributed by atoms with Gasteiger partial charge in [-0.25, -0.2) is 13.6 Å². The number of nitrogens with two attached hydrogens (primary N) is 1. The van der Waals surface area contributed by atoms with E-state index in [2.05, 4.69) is 37.6 Å². The standard InChI is InChI=1S/C23H35NO4S2.C3H6O2/c1-7-16-14-17(10-11-18(16)28-15-19(25)22(4,5)6)23(8-2,9-3)20-12-13-21(29-20)30(24,26)27;1-3(4)5-2/h10-14,19,25H,7-9,15H2,1-6H3,(H2,24,26,27);1-2H3. The van der Waals surface area contributed by atoms with Crippen molar-refractivity contribution in [3.8, 4) is 5.75 Å². The molecule has 35 heavy (non-hydrogen) atoms. The van der Waals surface area contributed by atoms with E-state index in [1.165, 1.54) is 25.4 Å². The highest BCUT2D eigenvalue weighted by Crippen LogP contribution is 2.44. The van der Waals surface area contributed by atoms with Crippen LogP contribution in [0.2, 0.25) is 0 Å². The molecule has 0 saturated carbocycles. The molecule has 1 heterocycles. The van der Waals surface area contributed by atoms with Gasteiger partial charge in [-0.1, -0.05) is 53.7 Å². The molecule has 1 aromatic heterocycles. The van der Waals surface area contributed by atoms with E-state index in [1.807, 2.05) is 32.9 Å². The Balaban J connectivity index is 0.00000111. The molecular formula is C26H41NO6S2. The smallest absolute Gasteiger partial charge is 0.302 e. The zero-order valence-corrected chi connectivity index (χ0v) is 23.8. The number of ether oxygens (including phenoxy) is 2. The number of hydrogen-bond acceptors (Lipinski definition) is 7. The Hall–Kier alpha value is -1.94. The number of methoxy groups -OCH3 is 1. The highest BCUT2D eigenvalue weighted by molar-refractivity contribution is 7.91. The van der Waals surface area contributed by atoms with Crippen molar-refractivity contribution < 1.29 is 27.8 Å². The van der Waals surface area contributed by atoms with Gasteiger partial charge >= 0.3 is 5.97 Å². The maximum atomic E-state index is 11.8. The number of primary sulfonamides is 1. The normalized spacial score (nSPS) is 13.0. The van der Waals surface area contributed by atoms with Gasteiger partial charge in [0, 0.05) is 17.2 Å². The van der Waals surface area contributed by atoms with E-state index in [9.17, 15) is 18.3 Å². The maximum Gasteiger partial charge on any atom is 0.302 e. The van der Waals surface area contributed by atoms with Crippen molar-refractivity contribution in [3.05, 3.63) is 46.3 Å². The topological polar surface area (TPSA) is 116 Å². The molecule has 198 valence electrons. The van der Waals surface area contributed by atoms with Crippen LogP contribution < -0.4 is 9.88 Å². The van der Waals surface area contributed by atoms with Gasteiger partial charge in [-0.2, -0.15) is 0 Å². The molecule has 1 atom stereocenters. The lowest BCUT2D eigenvalue weighted by atomic mass is 9.74. The summed E-state index contributed by atoms with van der Waals surface area (Å²) >= 11 is 1.25. The molecule has 0 saturated heterocycles. The van der Waals surface area contributed by atoms with Crippen LogP contribution in [-0.2, 0) is 31.4 Å². The lowest BCUT2D eigenvalue weighted by Gasteiger charge is -2.32. The Labute approximate surface area is 214 Å². The van der Waals surface area contributed by atoms with Crippen LogP contribution in [0.15, 0.2) is 34.5 Å². The highest BCUT2D eigenvalue weighted by atomic mass is 32.2. The number of aliphatic hydroxyl groups excluding tert-OH is 1. The number of aliphatic hydroxyl groups is 1. The lowest BCUT2D eigenvalue weighted by molar-refractivity contribution is -0.137. The summed E-state index contributed by atoms with van der Waals surface area (Å²) in [7, 11) is -2.36. The van der Waals surface area contributed by atoms with Crippen LogP contribution in [-0.4, -0.2) is 39.3 Å². The van der Waals surface area contributed by atoms with Gasteiger partial charge in [-0.15, -0.1) is 11.3 Å². The summed E-state index contributed by atoms with van der Waals surface area (Å²) in [4.78, 5) is 10.6. The average Bonchev–Trinajstić information content (AvgIpc) is 3.30. The Morgan fingerprint density at radius 1 is 1.11 bits per heavy atom. The molecule has 0 amide bonds. The molecule has 0 bridgehead atoms. The van der Waals surface area contributed by atoms with Crippen molar-refractivity contribution in [1.82, 2.24) is 0 Å². The van der Waals surface area contributed by atoms with Crippen LogP contribution in [0.5, 0.6) is 5.75 Å². The number of sulfonamides is 1. The largest absolute Gasteiger partial charge is 0.491 e. The van der Waals surface area contributed by atoms with Gasteiger partial charge in [0.15, 0.2) is 0 Å². The molecule has 1 unspecified atom stereocenters. The molecule has 0 spiro atoms. The Morgan fingerprint density at radius 3 is 2.09 bits per heavy atom. The molecule has 0 fully saturated rings. The molecule has 9 heteroatoms. The van der Waals surface area contributed by atoms with Crippen LogP contribution in [0.3, 0.4) is 0 Å². The predicted octanol–water partition coefficient (Wildman–Crippen LogP) is 5.03. The van der Waals surface area contributed by atoms with E-state index in [0.717, 1.165) is 41.0 Å². The molecule has 3 N–H and O–H groups in total. The Morgan fingerprint density at radius 2 is 1.69 bits per heavy atom. The second kappa shape index (κ2) is 12.9. The van der Waals surface area contributed by atoms with Crippen molar-refractivity contribution in [1.29, 1.82) is 0 Å². The first-order chi connectivity index (χ1) is 16.2. The summed E-state index contributed by atoms with van der Waals surface area (Å²) in [6.07, 6.45) is 1.90. The van der Waals surface area contributed by atoms with Crippen LogP contribution in [0, 0.1) is 5.41 Å². The Bertz CT molecular complexity index is 1070. The number of thiophene rings is 1. The predicted molar refractivity (Wildman–Crippen MR) is 142 cm³/mol. The van der Waals surface area contributed by atoms with E-state index in [0.29, 0.717) is 0 Å². The third-order valence-corrected chi connectivity index (χ3v) is 8.95. The number of rotatable bonds is 9. The molecule has 1 aromatic carbocycles. The van der Waals surface area contributed by atoms with Gasteiger partial charge in [0.25, 0.3) is 0 Å². The molecule has 2 rings (SSSR count). The second-order valence-corrected chi connectivity index (χ2v) is 12.4. The van der Waals surface area contributed by atoms with E-state index >= 15 is 0 Å². The van der Waals surface area contributed by atoms with Gasteiger partial charge in [-0.3, -0.25) is 4.79 Å². The minimum absolute atomic E-state index is 0.190. The fraction of sp³-hybridized carbons (Fsp3) is 0.577. The molecular weight excluding hydrogens is 486 g/mol. The fourth-order valence-corrected chi connectivity index (χ4v) is 5.67. The molecule has 0 radical (unpaired) electrons. The van der Waals surface area contributed by atoms with Crippen LogP contribution in [0.1, 0.15) is 77.3 Å². The van der Waals surface area contributed by atoms with Crippen molar-refractivity contribution >= 4 is 27.3 Å². The summed E-state index contributed by atoms with van der Waals surface area (Å²) in [6, 6.07) is 9.66. The van der Waals surface area contributed by atoms with Crippen molar-refractivity contribution in [2.75, 3.05) is 13.7 Å². The number of carbonyl (C=O) groups is 1.